The third-order valence-corrected chi connectivity index (χ3v) is 7.14. The van der Waals surface area contributed by atoms with E-state index in [9.17, 15) is 20.1 Å². The fourth-order valence-electron chi connectivity index (χ4n) is 5.13. The number of aliphatic carboxylic acids is 1. The summed E-state index contributed by atoms with van der Waals surface area (Å²) >= 11 is 0. The number of carboxylic acids is 1. The van der Waals surface area contributed by atoms with Crippen molar-refractivity contribution in [2.45, 2.75) is 70.1 Å². The summed E-state index contributed by atoms with van der Waals surface area (Å²) in [5, 5.41) is 41.7. The number of fused-ring (bicyclic) bond motifs is 3. The summed E-state index contributed by atoms with van der Waals surface area (Å²) in [4.78, 5) is 10.6. The highest BCUT2D eigenvalue weighted by Crippen LogP contribution is 2.58. The van der Waals surface area contributed by atoms with Gasteiger partial charge in [-0.1, -0.05) is 48.1 Å². The van der Waals surface area contributed by atoms with Crippen molar-refractivity contribution in [2.75, 3.05) is 0 Å². The molecule has 2 unspecified atom stereocenters. The topological polar surface area (TPSA) is 111 Å². The molecule has 0 aromatic carbocycles. The normalized spacial score (nSPS) is 38.6. The van der Waals surface area contributed by atoms with Crippen molar-refractivity contribution >= 4 is 5.97 Å². The molecule has 0 aromatic heterocycles. The Labute approximate surface area is 183 Å². The predicted octanol–water partition coefficient (Wildman–Crippen LogP) is 2.92. The molecular formula is C25H34O6. The lowest BCUT2D eigenvalue weighted by Gasteiger charge is -2.47. The Bertz CT molecular complexity index is 848. The minimum atomic E-state index is -1.59. The summed E-state index contributed by atoms with van der Waals surface area (Å²) < 4.78 is 5.99. The van der Waals surface area contributed by atoms with Crippen molar-refractivity contribution in [3.63, 3.8) is 0 Å². The van der Waals surface area contributed by atoms with Gasteiger partial charge in [0.05, 0.1) is 6.10 Å². The van der Waals surface area contributed by atoms with Crippen LogP contribution in [0.3, 0.4) is 0 Å². The maximum Gasteiger partial charge on any atom is 0.328 e. The molecule has 3 aliphatic rings. The first kappa shape index (κ1) is 23.7. The second-order valence-electron chi connectivity index (χ2n) is 9.27. The second-order valence-corrected chi connectivity index (χ2v) is 9.27. The Hall–Kier alpha value is -1.99. The molecule has 170 valence electrons. The van der Waals surface area contributed by atoms with Crippen LogP contribution in [0.4, 0.5) is 0 Å². The first-order valence-corrected chi connectivity index (χ1v) is 10.9. The van der Waals surface area contributed by atoms with E-state index in [4.69, 9.17) is 9.84 Å². The molecule has 0 aromatic rings. The summed E-state index contributed by atoms with van der Waals surface area (Å²) in [7, 11) is 0. The third-order valence-electron chi connectivity index (χ3n) is 7.14. The van der Waals surface area contributed by atoms with Crippen molar-refractivity contribution in [2.24, 2.45) is 17.8 Å². The second kappa shape index (κ2) is 8.87. The maximum atomic E-state index is 11.8. The SMILES string of the molecule is C/C=C(\C)[C@]1(O)[C@H](/C=C/C(O)C(C)(O)/C=C/C=C/C(=O)O)[C@H]2CC=C(C)C[C@@H]2[C@H]2O[C@H]21. The predicted molar refractivity (Wildman–Crippen MR) is 118 cm³/mol. The van der Waals surface area contributed by atoms with E-state index < -0.39 is 23.3 Å². The van der Waals surface area contributed by atoms with Gasteiger partial charge in [-0.05, 0) is 57.9 Å². The summed E-state index contributed by atoms with van der Waals surface area (Å²) in [6, 6.07) is 0. The lowest BCUT2D eigenvalue weighted by atomic mass is 9.58. The average molecular weight is 431 g/mol. The van der Waals surface area contributed by atoms with E-state index in [1.54, 1.807) is 0 Å². The van der Waals surface area contributed by atoms with Crippen molar-refractivity contribution < 1.29 is 30.0 Å². The number of allylic oxidation sites excluding steroid dienone is 5. The van der Waals surface area contributed by atoms with Gasteiger partial charge in [-0.15, -0.1) is 0 Å². The average Bonchev–Trinajstić information content (AvgIpc) is 3.52. The zero-order valence-electron chi connectivity index (χ0n) is 18.6. The van der Waals surface area contributed by atoms with Crippen molar-refractivity contribution in [1.29, 1.82) is 0 Å². The Kier molecular flexibility index (Phi) is 6.77. The van der Waals surface area contributed by atoms with Crippen LogP contribution >= 0.6 is 0 Å². The minimum absolute atomic E-state index is 0.0511. The molecule has 3 rings (SSSR count). The fourth-order valence-corrected chi connectivity index (χ4v) is 5.13. The molecule has 2 aliphatic carbocycles. The fraction of sp³-hybridized carbons (Fsp3) is 0.560. The number of aliphatic hydroxyl groups excluding tert-OH is 1. The Morgan fingerprint density at radius 3 is 2.71 bits per heavy atom. The van der Waals surface area contributed by atoms with Gasteiger partial charge in [0.2, 0.25) is 0 Å². The van der Waals surface area contributed by atoms with E-state index in [0.717, 1.165) is 24.5 Å². The lowest BCUT2D eigenvalue weighted by molar-refractivity contribution is -0.131. The maximum absolute atomic E-state index is 11.8. The summed E-state index contributed by atoms with van der Waals surface area (Å²) in [5.74, 6) is -0.848. The Balaban J connectivity index is 1.86. The zero-order valence-corrected chi connectivity index (χ0v) is 18.6. The molecular weight excluding hydrogens is 396 g/mol. The molecule has 0 radical (unpaired) electrons. The van der Waals surface area contributed by atoms with Crippen LogP contribution < -0.4 is 0 Å². The van der Waals surface area contributed by atoms with Crippen LogP contribution in [0, 0.1) is 17.8 Å². The highest BCUT2D eigenvalue weighted by atomic mass is 16.6. The van der Waals surface area contributed by atoms with Gasteiger partial charge in [-0.25, -0.2) is 4.79 Å². The van der Waals surface area contributed by atoms with Gasteiger partial charge in [0.25, 0.3) is 0 Å². The van der Waals surface area contributed by atoms with E-state index in [1.807, 2.05) is 26.0 Å². The Morgan fingerprint density at radius 2 is 2.06 bits per heavy atom. The highest BCUT2D eigenvalue weighted by Gasteiger charge is 2.67. The molecule has 2 fully saturated rings. The van der Waals surface area contributed by atoms with Crippen LogP contribution in [0.1, 0.15) is 40.5 Å². The molecule has 31 heavy (non-hydrogen) atoms. The van der Waals surface area contributed by atoms with E-state index in [-0.39, 0.29) is 24.0 Å². The molecule has 8 atom stereocenters. The summed E-state index contributed by atoms with van der Waals surface area (Å²) in [5.41, 5.74) is -0.557. The van der Waals surface area contributed by atoms with Crippen LogP contribution in [-0.4, -0.2) is 55.9 Å². The monoisotopic (exact) mass is 430 g/mol. The van der Waals surface area contributed by atoms with Gasteiger partial charge in [-0.3, -0.25) is 0 Å². The number of carbonyl (C=O) groups is 1. The number of epoxide rings is 1. The summed E-state index contributed by atoms with van der Waals surface area (Å²) in [6.45, 7) is 7.39. The van der Waals surface area contributed by atoms with E-state index in [0.29, 0.717) is 5.92 Å². The molecule has 0 spiro atoms. The lowest BCUT2D eigenvalue weighted by Crippen LogP contribution is -2.54. The number of rotatable bonds is 7. The molecule has 1 heterocycles. The zero-order chi connectivity index (χ0) is 23.0. The van der Waals surface area contributed by atoms with Gasteiger partial charge in [0.15, 0.2) is 0 Å². The quantitative estimate of drug-likeness (QED) is 0.214. The minimum Gasteiger partial charge on any atom is -0.478 e. The first-order chi connectivity index (χ1) is 14.5. The smallest absolute Gasteiger partial charge is 0.328 e. The van der Waals surface area contributed by atoms with E-state index >= 15 is 0 Å². The largest absolute Gasteiger partial charge is 0.478 e. The van der Waals surface area contributed by atoms with Crippen LogP contribution in [0.2, 0.25) is 0 Å². The van der Waals surface area contributed by atoms with Crippen molar-refractivity contribution in [3.8, 4) is 0 Å². The van der Waals surface area contributed by atoms with E-state index in [1.165, 1.54) is 36.8 Å². The molecule has 6 heteroatoms. The molecule has 0 bridgehead atoms. The van der Waals surface area contributed by atoms with Crippen molar-refractivity contribution in [3.05, 3.63) is 59.8 Å². The van der Waals surface area contributed by atoms with Gasteiger partial charge in [0.1, 0.15) is 23.4 Å². The Morgan fingerprint density at radius 1 is 1.35 bits per heavy atom. The van der Waals surface area contributed by atoms with Crippen LogP contribution in [0.5, 0.6) is 0 Å². The van der Waals surface area contributed by atoms with Crippen molar-refractivity contribution in [1.82, 2.24) is 0 Å². The molecule has 1 aliphatic heterocycles. The molecule has 1 saturated carbocycles. The van der Waals surface area contributed by atoms with E-state index in [2.05, 4.69) is 13.0 Å². The van der Waals surface area contributed by atoms with Gasteiger partial charge in [-0.2, -0.15) is 0 Å². The molecule has 4 N–H and O–H groups in total. The number of aliphatic hydroxyl groups is 3. The van der Waals surface area contributed by atoms with Crippen LogP contribution in [0.15, 0.2) is 59.8 Å². The first-order valence-electron chi connectivity index (χ1n) is 10.9. The third kappa shape index (κ3) is 4.62. The number of hydrogen-bond donors (Lipinski definition) is 4. The molecule has 0 amide bonds. The van der Waals surface area contributed by atoms with Crippen LogP contribution in [0.25, 0.3) is 0 Å². The van der Waals surface area contributed by atoms with Gasteiger partial charge in [0, 0.05) is 12.0 Å². The highest BCUT2D eigenvalue weighted by molar-refractivity contribution is 5.80. The number of ether oxygens (including phenoxy) is 1. The van der Waals surface area contributed by atoms with Crippen LogP contribution in [-0.2, 0) is 9.53 Å². The van der Waals surface area contributed by atoms with Gasteiger partial charge >= 0.3 is 5.97 Å². The molecule has 6 nitrogen and oxygen atoms in total. The number of hydrogen-bond acceptors (Lipinski definition) is 5. The molecule has 1 saturated heterocycles. The van der Waals surface area contributed by atoms with Gasteiger partial charge < -0.3 is 25.2 Å². The standard InChI is InChI=1S/C25H34O6/c1-5-16(3)25(30)19(17-10-9-15(2)14-18(17)22-23(25)31-22)11-12-20(26)24(4,29)13-7-6-8-21(27)28/h5-9,11-13,17-20,22-23,26,29-30H,10,14H2,1-4H3,(H,27,28)/b8-6+,12-11+,13-7+,16-5+/t17-,18-,19+,20?,22+,23+,24?,25-/m0/s1. The number of carboxylic acid groups (broad SMARTS) is 1. The summed E-state index contributed by atoms with van der Waals surface area (Å²) in [6.07, 6.45) is 12.8.